The maximum Gasteiger partial charge on any atom is 0.256 e. The summed E-state index contributed by atoms with van der Waals surface area (Å²) >= 11 is 9.62. The van der Waals surface area contributed by atoms with Crippen molar-refractivity contribution >= 4 is 39.1 Å². The van der Waals surface area contributed by atoms with Crippen molar-refractivity contribution in [3.63, 3.8) is 0 Å². The van der Waals surface area contributed by atoms with Crippen LogP contribution in [0.4, 0.5) is 5.69 Å². The standard InChI is InChI=1S/C28H25BrClN3O5/c1-37-23-14-17(13-20(29)25(23)38-15-16-8-10-18(30)11-9-16)24-22-7-4-12-32(22)28(26(24)33(35)36)19-5-2-3-6-21(19)31-27(28)34/h2-3,5-6,8-11,13-14,22,24,26H,4,7,12,15H2,1H3,(H,31,34)/t22-,24+,26-,28+/m0/s1. The SMILES string of the molecule is COc1cc([C@H]2[C@H]([N+](=O)[O-])[C@]3(C(=O)Nc4ccccc43)N3CCC[C@@H]23)cc(Br)c1OCc1ccc(Cl)cc1. The van der Waals surface area contributed by atoms with E-state index in [9.17, 15) is 14.9 Å². The van der Waals surface area contributed by atoms with Crippen LogP contribution < -0.4 is 14.8 Å². The van der Waals surface area contributed by atoms with Gasteiger partial charge in [-0.15, -0.1) is 0 Å². The van der Waals surface area contributed by atoms with Crippen LogP contribution in [-0.2, 0) is 16.9 Å². The molecular formula is C28H25BrClN3O5. The first-order valence-electron chi connectivity index (χ1n) is 12.4. The van der Waals surface area contributed by atoms with Gasteiger partial charge < -0.3 is 14.8 Å². The minimum atomic E-state index is -1.37. The lowest BCUT2D eigenvalue weighted by Crippen LogP contribution is -2.55. The normalized spacial score (nSPS) is 25.8. The molecule has 3 aromatic carbocycles. The molecule has 3 aliphatic rings. The maximum absolute atomic E-state index is 13.7. The molecule has 8 nitrogen and oxygen atoms in total. The number of fused-ring (bicyclic) bond motifs is 4. The number of ether oxygens (including phenoxy) is 2. The van der Waals surface area contributed by atoms with E-state index in [0.29, 0.717) is 45.4 Å². The molecular weight excluding hydrogens is 574 g/mol. The summed E-state index contributed by atoms with van der Waals surface area (Å²) in [6, 6.07) is 17.0. The van der Waals surface area contributed by atoms with Gasteiger partial charge in [0.15, 0.2) is 17.0 Å². The minimum Gasteiger partial charge on any atom is -0.493 e. The van der Waals surface area contributed by atoms with Crippen LogP contribution in [0.3, 0.4) is 0 Å². The molecule has 0 bridgehead atoms. The first-order chi connectivity index (χ1) is 18.4. The molecule has 3 aromatic rings. The third-order valence-corrected chi connectivity index (χ3v) is 8.87. The van der Waals surface area contributed by atoms with Crippen molar-refractivity contribution < 1.29 is 19.2 Å². The molecule has 0 aromatic heterocycles. The van der Waals surface area contributed by atoms with Gasteiger partial charge in [0.1, 0.15) is 6.61 Å². The van der Waals surface area contributed by atoms with E-state index in [2.05, 4.69) is 26.1 Å². The summed E-state index contributed by atoms with van der Waals surface area (Å²) in [7, 11) is 1.55. The smallest absolute Gasteiger partial charge is 0.256 e. The predicted molar refractivity (Wildman–Crippen MR) is 146 cm³/mol. The summed E-state index contributed by atoms with van der Waals surface area (Å²) in [5, 5.41) is 16.4. The van der Waals surface area contributed by atoms with E-state index in [1.165, 1.54) is 0 Å². The van der Waals surface area contributed by atoms with Gasteiger partial charge in [-0.1, -0.05) is 41.9 Å². The van der Waals surface area contributed by atoms with Crippen LogP contribution in [-0.4, -0.2) is 41.5 Å². The van der Waals surface area contributed by atoms with Crippen LogP contribution in [0.5, 0.6) is 11.5 Å². The fraction of sp³-hybridized carbons (Fsp3) is 0.321. The molecule has 0 saturated carbocycles. The van der Waals surface area contributed by atoms with Gasteiger partial charge in [0.05, 0.1) is 17.5 Å². The molecule has 2 fully saturated rings. The topological polar surface area (TPSA) is 93.9 Å². The quantitative estimate of drug-likeness (QED) is 0.287. The molecule has 196 valence electrons. The van der Waals surface area contributed by atoms with Crippen molar-refractivity contribution in [1.82, 2.24) is 4.90 Å². The molecule has 1 spiro atoms. The number of carbonyl (C=O) groups excluding carboxylic acids is 1. The molecule has 3 heterocycles. The number of hydrogen-bond acceptors (Lipinski definition) is 6. The number of rotatable bonds is 6. The number of halogens is 2. The molecule has 10 heteroatoms. The van der Waals surface area contributed by atoms with Gasteiger partial charge >= 0.3 is 0 Å². The lowest BCUT2D eigenvalue weighted by atomic mass is 9.77. The Kier molecular flexibility index (Phi) is 6.32. The molecule has 0 radical (unpaired) electrons. The summed E-state index contributed by atoms with van der Waals surface area (Å²) < 4.78 is 12.4. The average Bonchev–Trinajstić information content (AvgIpc) is 3.57. The van der Waals surface area contributed by atoms with Gasteiger partial charge in [0.2, 0.25) is 0 Å². The van der Waals surface area contributed by atoms with E-state index >= 15 is 0 Å². The van der Waals surface area contributed by atoms with Crippen LogP contribution in [0, 0.1) is 10.1 Å². The van der Waals surface area contributed by atoms with Crippen molar-refractivity contribution in [1.29, 1.82) is 0 Å². The van der Waals surface area contributed by atoms with Crippen LogP contribution >= 0.6 is 27.5 Å². The highest BCUT2D eigenvalue weighted by Gasteiger charge is 2.73. The Morgan fingerprint density at radius 3 is 2.71 bits per heavy atom. The third kappa shape index (κ3) is 3.71. The zero-order valence-corrected chi connectivity index (χ0v) is 22.9. The van der Waals surface area contributed by atoms with Crippen molar-refractivity contribution in [2.45, 2.75) is 43.0 Å². The highest BCUT2D eigenvalue weighted by molar-refractivity contribution is 9.10. The zero-order chi connectivity index (χ0) is 26.6. The predicted octanol–water partition coefficient (Wildman–Crippen LogP) is 5.74. The summed E-state index contributed by atoms with van der Waals surface area (Å²) in [6.45, 7) is 0.913. The Balaban J connectivity index is 1.42. The number of nitrogens with zero attached hydrogens (tertiary/aromatic N) is 2. The number of nitro groups is 1. The molecule has 0 unspecified atom stereocenters. The lowest BCUT2D eigenvalue weighted by Gasteiger charge is -2.32. The van der Waals surface area contributed by atoms with Crippen molar-refractivity contribution in [3.05, 3.63) is 97.0 Å². The van der Waals surface area contributed by atoms with Gasteiger partial charge in [-0.3, -0.25) is 19.8 Å². The molecule has 1 amide bonds. The molecule has 3 aliphatic heterocycles. The van der Waals surface area contributed by atoms with E-state index < -0.39 is 17.5 Å². The molecule has 4 atom stereocenters. The van der Waals surface area contributed by atoms with Crippen LogP contribution in [0.25, 0.3) is 0 Å². The lowest BCUT2D eigenvalue weighted by molar-refractivity contribution is -0.534. The Morgan fingerprint density at radius 2 is 1.97 bits per heavy atom. The van der Waals surface area contributed by atoms with E-state index in [0.717, 1.165) is 24.0 Å². The molecule has 6 rings (SSSR count). The van der Waals surface area contributed by atoms with Crippen molar-refractivity contribution in [3.8, 4) is 11.5 Å². The first-order valence-corrected chi connectivity index (χ1v) is 13.6. The summed E-state index contributed by atoms with van der Waals surface area (Å²) in [5.41, 5.74) is 1.62. The fourth-order valence-corrected chi connectivity index (χ4v) is 7.28. The van der Waals surface area contributed by atoms with E-state index in [1.807, 2.05) is 48.5 Å². The summed E-state index contributed by atoms with van der Waals surface area (Å²) in [5.74, 6) is 0.111. The molecule has 38 heavy (non-hydrogen) atoms. The molecule has 2 saturated heterocycles. The maximum atomic E-state index is 13.7. The van der Waals surface area contributed by atoms with E-state index in [4.69, 9.17) is 21.1 Å². The first kappa shape index (κ1) is 25.2. The second-order valence-corrected chi connectivity index (χ2v) is 11.2. The Hall–Kier alpha value is -3.14. The highest BCUT2D eigenvalue weighted by atomic mass is 79.9. The average molecular weight is 599 g/mol. The summed E-state index contributed by atoms with van der Waals surface area (Å²) in [6.07, 6.45) is 1.63. The Morgan fingerprint density at radius 1 is 1.21 bits per heavy atom. The van der Waals surface area contributed by atoms with Gasteiger partial charge in [-0.05, 0) is 70.2 Å². The Labute approximate surface area is 233 Å². The van der Waals surface area contributed by atoms with E-state index in [-0.39, 0.29) is 16.9 Å². The number of nitrogens with one attached hydrogen (secondary N) is 1. The fourth-order valence-electron chi connectivity index (χ4n) is 6.58. The van der Waals surface area contributed by atoms with Gasteiger partial charge in [0.25, 0.3) is 11.9 Å². The number of benzene rings is 3. The second kappa shape index (κ2) is 9.55. The monoisotopic (exact) mass is 597 g/mol. The molecule has 1 N–H and O–H groups in total. The number of carbonyl (C=O) groups is 1. The number of para-hydroxylation sites is 1. The van der Waals surface area contributed by atoms with Crippen LogP contribution in [0.2, 0.25) is 5.02 Å². The van der Waals surface area contributed by atoms with Crippen LogP contribution in [0.15, 0.2) is 65.1 Å². The van der Waals surface area contributed by atoms with Gasteiger partial charge in [0, 0.05) is 33.8 Å². The third-order valence-electron chi connectivity index (χ3n) is 8.03. The number of anilines is 1. The van der Waals surface area contributed by atoms with Crippen molar-refractivity contribution in [2.75, 3.05) is 19.0 Å². The van der Waals surface area contributed by atoms with Gasteiger partial charge in [-0.2, -0.15) is 0 Å². The van der Waals surface area contributed by atoms with Crippen LogP contribution in [0.1, 0.15) is 35.4 Å². The largest absolute Gasteiger partial charge is 0.493 e. The Bertz CT molecular complexity index is 1430. The van der Waals surface area contributed by atoms with Crippen molar-refractivity contribution in [2.24, 2.45) is 0 Å². The van der Waals surface area contributed by atoms with E-state index in [1.54, 1.807) is 19.2 Å². The number of amides is 1. The minimum absolute atomic E-state index is 0.167. The highest BCUT2D eigenvalue weighted by Crippen LogP contribution is 2.58. The number of methoxy groups -OCH3 is 1. The second-order valence-electron chi connectivity index (χ2n) is 9.87. The molecule has 0 aliphatic carbocycles. The number of hydrogen-bond donors (Lipinski definition) is 1. The summed E-state index contributed by atoms with van der Waals surface area (Å²) in [4.78, 5) is 28.3. The van der Waals surface area contributed by atoms with Gasteiger partial charge in [-0.25, -0.2) is 0 Å². The zero-order valence-electron chi connectivity index (χ0n) is 20.5.